The van der Waals surface area contributed by atoms with Crippen molar-refractivity contribution in [2.75, 3.05) is 6.54 Å². The highest BCUT2D eigenvalue weighted by molar-refractivity contribution is 5.87. The van der Waals surface area contributed by atoms with E-state index in [1.165, 1.54) is 6.42 Å². The second-order valence-corrected chi connectivity index (χ2v) is 5.81. The largest absolute Gasteiger partial charge is 0.336 e. The van der Waals surface area contributed by atoms with Gasteiger partial charge in [-0.1, -0.05) is 6.92 Å². The van der Waals surface area contributed by atoms with E-state index in [2.05, 4.69) is 31.0 Å². The Morgan fingerprint density at radius 2 is 1.94 bits per heavy atom. The molecule has 1 unspecified atom stereocenters. The third-order valence-electron chi connectivity index (χ3n) is 4.68. The quantitative estimate of drug-likeness (QED) is 0.800. The maximum atomic E-state index is 12.8. The van der Waals surface area contributed by atoms with Crippen LogP contribution in [-0.4, -0.2) is 35.0 Å². The summed E-state index contributed by atoms with van der Waals surface area (Å²) in [4.78, 5) is 15.0. The molecule has 2 aliphatic rings. The molecule has 98 valence electrons. The van der Waals surface area contributed by atoms with Crippen molar-refractivity contribution >= 4 is 5.91 Å². The molecule has 2 aliphatic heterocycles. The lowest BCUT2D eigenvalue weighted by Gasteiger charge is -2.44. The van der Waals surface area contributed by atoms with Crippen molar-refractivity contribution in [3.8, 4) is 0 Å². The third kappa shape index (κ3) is 2.22. The van der Waals surface area contributed by atoms with Crippen molar-refractivity contribution in [1.29, 1.82) is 0 Å². The summed E-state index contributed by atoms with van der Waals surface area (Å²) < 4.78 is 0. The second-order valence-electron chi connectivity index (χ2n) is 5.81. The van der Waals surface area contributed by atoms with Crippen LogP contribution in [-0.2, 0) is 4.79 Å². The molecule has 0 spiro atoms. The fraction of sp³-hybridized carbons (Fsp3) is 0.929. The predicted molar refractivity (Wildman–Crippen MR) is 69.9 cm³/mol. The fourth-order valence-corrected chi connectivity index (χ4v) is 3.51. The topological polar surface area (TPSA) is 32.3 Å². The predicted octanol–water partition coefficient (Wildman–Crippen LogP) is 2.31. The summed E-state index contributed by atoms with van der Waals surface area (Å²) in [6, 6.07) is 0.828. The molecule has 2 fully saturated rings. The van der Waals surface area contributed by atoms with Gasteiger partial charge >= 0.3 is 0 Å². The molecule has 3 nitrogen and oxygen atoms in total. The third-order valence-corrected chi connectivity index (χ3v) is 4.68. The summed E-state index contributed by atoms with van der Waals surface area (Å²) >= 11 is 0. The molecule has 1 amide bonds. The molecule has 0 aromatic heterocycles. The smallest absolute Gasteiger partial charge is 0.243 e. The van der Waals surface area contributed by atoms with Gasteiger partial charge in [0, 0.05) is 12.1 Å². The first-order valence-corrected chi connectivity index (χ1v) is 7.18. The number of likely N-dealkylation sites (tertiary alicyclic amines) is 1. The Balaban J connectivity index is 2.16. The number of hydrogen-bond donors (Lipinski definition) is 1. The van der Waals surface area contributed by atoms with Crippen molar-refractivity contribution in [2.24, 2.45) is 0 Å². The average molecular weight is 238 g/mol. The molecule has 3 atom stereocenters. The molecule has 2 heterocycles. The average Bonchev–Trinajstić information content (AvgIpc) is 2.78. The number of carbonyl (C=O) groups excluding carboxylic acids is 1. The van der Waals surface area contributed by atoms with Gasteiger partial charge in [-0.3, -0.25) is 4.79 Å². The summed E-state index contributed by atoms with van der Waals surface area (Å²) in [6.45, 7) is 7.53. The van der Waals surface area contributed by atoms with Gasteiger partial charge in [-0.15, -0.1) is 0 Å². The van der Waals surface area contributed by atoms with Crippen LogP contribution in [0.3, 0.4) is 0 Å². The first kappa shape index (κ1) is 12.9. The maximum Gasteiger partial charge on any atom is 0.243 e. The standard InChI is InChI=1S/C14H26N2O/c1-4-14(9-6-10-15-14)13(17)16-11(2)7-5-8-12(16)3/h11-12,15H,4-10H2,1-3H3/t11-,12+,14?. The van der Waals surface area contributed by atoms with Gasteiger partial charge in [-0.2, -0.15) is 0 Å². The lowest BCUT2D eigenvalue weighted by molar-refractivity contribution is -0.144. The minimum Gasteiger partial charge on any atom is -0.336 e. The molecule has 0 radical (unpaired) electrons. The Bertz CT molecular complexity index is 274. The van der Waals surface area contributed by atoms with E-state index in [4.69, 9.17) is 0 Å². The number of rotatable bonds is 2. The van der Waals surface area contributed by atoms with E-state index >= 15 is 0 Å². The number of piperidine rings is 1. The van der Waals surface area contributed by atoms with E-state index in [-0.39, 0.29) is 5.54 Å². The number of hydrogen-bond acceptors (Lipinski definition) is 2. The van der Waals surface area contributed by atoms with Crippen LogP contribution in [0, 0.1) is 0 Å². The first-order valence-electron chi connectivity index (χ1n) is 7.18. The molecule has 1 N–H and O–H groups in total. The van der Waals surface area contributed by atoms with E-state index in [9.17, 15) is 4.79 Å². The first-order chi connectivity index (χ1) is 8.10. The van der Waals surface area contributed by atoms with Crippen LogP contribution in [0.15, 0.2) is 0 Å². The van der Waals surface area contributed by atoms with Gasteiger partial charge in [0.05, 0.1) is 5.54 Å². The number of nitrogens with zero attached hydrogens (tertiary/aromatic N) is 1. The lowest BCUT2D eigenvalue weighted by Crippen LogP contribution is -2.60. The highest BCUT2D eigenvalue weighted by Crippen LogP contribution is 2.31. The monoisotopic (exact) mass is 238 g/mol. The molecule has 0 saturated carbocycles. The summed E-state index contributed by atoms with van der Waals surface area (Å²) in [5.74, 6) is 0.359. The van der Waals surface area contributed by atoms with Gasteiger partial charge in [0.2, 0.25) is 5.91 Å². The van der Waals surface area contributed by atoms with Gasteiger partial charge in [0.1, 0.15) is 0 Å². The highest BCUT2D eigenvalue weighted by atomic mass is 16.2. The Labute approximate surface area is 105 Å². The van der Waals surface area contributed by atoms with Gasteiger partial charge in [0.15, 0.2) is 0 Å². The molecule has 0 aliphatic carbocycles. The van der Waals surface area contributed by atoms with Crippen LogP contribution in [0.4, 0.5) is 0 Å². The number of amides is 1. The molecule has 2 saturated heterocycles. The van der Waals surface area contributed by atoms with E-state index in [0.29, 0.717) is 18.0 Å². The van der Waals surface area contributed by atoms with Gasteiger partial charge in [0.25, 0.3) is 0 Å². The summed E-state index contributed by atoms with van der Waals surface area (Å²) in [5.41, 5.74) is -0.250. The van der Waals surface area contributed by atoms with E-state index in [0.717, 1.165) is 38.6 Å². The summed E-state index contributed by atoms with van der Waals surface area (Å²) in [6.07, 6.45) is 6.65. The van der Waals surface area contributed by atoms with Crippen LogP contribution in [0.2, 0.25) is 0 Å². The van der Waals surface area contributed by atoms with E-state index in [1.807, 2.05) is 0 Å². The zero-order valence-corrected chi connectivity index (χ0v) is 11.5. The second kappa shape index (κ2) is 4.97. The molecule has 17 heavy (non-hydrogen) atoms. The summed E-state index contributed by atoms with van der Waals surface area (Å²) in [7, 11) is 0. The van der Waals surface area contributed by atoms with Crippen molar-refractivity contribution in [1.82, 2.24) is 10.2 Å². The van der Waals surface area contributed by atoms with Gasteiger partial charge < -0.3 is 10.2 Å². The number of carbonyl (C=O) groups is 1. The van der Waals surface area contributed by atoms with Crippen LogP contribution >= 0.6 is 0 Å². The zero-order valence-electron chi connectivity index (χ0n) is 11.5. The highest BCUT2D eigenvalue weighted by Gasteiger charge is 2.44. The van der Waals surface area contributed by atoms with E-state index < -0.39 is 0 Å². The van der Waals surface area contributed by atoms with Crippen molar-refractivity contribution in [3.63, 3.8) is 0 Å². The van der Waals surface area contributed by atoms with Crippen LogP contribution in [0.25, 0.3) is 0 Å². The zero-order chi connectivity index (χ0) is 12.5. The molecule has 2 rings (SSSR count). The molecule has 0 bridgehead atoms. The molecular weight excluding hydrogens is 212 g/mol. The van der Waals surface area contributed by atoms with Gasteiger partial charge in [-0.05, 0) is 58.9 Å². The lowest BCUT2D eigenvalue weighted by atomic mass is 9.88. The summed E-state index contributed by atoms with van der Waals surface area (Å²) in [5, 5.41) is 3.47. The SMILES string of the molecule is CCC1(C(=O)N2[C@H](C)CCC[C@@H]2C)CCCN1. The van der Waals surface area contributed by atoms with Crippen LogP contribution in [0.1, 0.15) is 59.3 Å². The van der Waals surface area contributed by atoms with Crippen LogP contribution in [0.5, 0.6) is 0 Å². The van der Waals surface area contributed by atoms with Crippen molar-refractivity contribution < 1.29 is 4.79 Å². The normalized spacial score (nSPS) is 38.4. The Morgan fingerprint density at radius 3 is 2.41 bits per heavy atom. The minimum absolute atomic E-state index is 0.250. The van der Waals surface area contributed by atoms with Gasteiger partial charge in [-0.25, -0.2) is 0 Å². The van der Waals surface area contributed by atoms with E-state index in [1.54, 1.807) is 0 Å². The molecular formula is C14H26N2O. The minimum atomic E-state index is -0.250. The fourth-order valence-electron chi connectivity index (χ4n) is 3.51. The van der Waals surface area contributed by atoms with Crippen molar-refractivity contribution in [2.45, 2.75) is 76.9 Å². The molecule has 0 aromatic carbocycles. The Morgan fingerprint density at radius 1 is 1.29 bits per heavy atom. The molecule has 3 heteroatoms. The Hall–Kier alpha value is -0.570. The van der Waals surface area contributed by atoms with Crippen LogP contribution < -0.4 is 5.32 Å². The molecule has 0 aromatic rings. The van der Waals surface area contributed by atoms with Crippen molar-refractivity contribution in [3.05, 3.63) is 0 Å². The number of nitrogens with one attached hydrogen (secondary N) is 1. The Kier molecular flexibility index (Phi) is 3.76. The maximum absolute atomic E-state index is 12.8.